The summed E-state index contributed by atoms with van der Waals surface area (Å²) in [4.78, 5) is 27.2. The van der Waals surface area contributed by atoms with Crippen LogP contribution >= 0.6 is 0 Å². The third-order valence-corrected chi connectivity index (χ3v) is 8.41. The monoisotopic (exact) mass is 420 g/mol. The maximum absolute atomic E-state index is 12.8. The van der Waals surface area contributed by atoms with Crippen molar-refractivity contribution in [1.82, 2.24) is 10.2 Å². The summed E-state index contributed by atoms with van der Waals surface area (Å²) in [6.07, 6.45) is 3.11. The smallest absolute Gasteiger partial charge is 0.257 e. The minimum absolute atomic E-state index is 0.00913. The first kappa shape index (κ1) is 20.2. The molecular formula is C21H28N2O5S. The second-order valence-electron chi connectivity index (χ2n) is 9.11. The zero-order chi connectivity index (χ0) is 20.9. The molecule has 4 rings (SSSR count). The van der Waals surface area contributed by atoms with E-state index in [9.17, 15) is 18.0 Å². The third kappa shape index (κ3) is 3.99. The fourth-order valence-electron chi connectivity index (χ4n) is 4.88. The zero-order valence-electron chi connectivity index (χ0n) is 16.9. The summed E-state index contributed by atoms with van der Waals surface area (Å²) in [6.45, 7) is 2.30. The average molecular weight is 421 g/mol. The summed E-state index contributed by atoms with van der Waals surface area (Å²) >= 11 is 0. The third-order valence-electron chi connectivity index (χ3n) is 6.51. The van der Waals surface area contributed by atoms with Crippen molar-refractivity contribution < 1.29 is 22.7 Å². The molecule has 8 heteroatoms. The number of rotatable bonds is 2. The van der Waals surface area contributed by atoms with Gasteiger partial charge in [-0.1, -0.05) is 12.1 Å². The highest BCUT2D eigenvalue weighted by molar-refractivity contribution is 7.91. The minimum atomic E-state index is -3.07. The molecular weight excluding hydrogens is 392 g/mol. The molecule has 1 saturated heterocycles. The number of nitrogens with zero attached hydrogens (tertiary/aromatic N) is 1. The number of amides is 2. The molecule has 2 heterocycles. The Hall–Kier alpha value is -2.09. The summed E-state index contributed by atoms with van der Waals surface area (Å²) in [7, 11) is -1.28. The molecule has 0 radical (unpaired) electrons. The van der Waals surface area contributed by atoms with Crippen molar-refractivity contribution in [2.24, 2.45) is 5.92 Å². The van der Waals surface area contributed by atoms with Crippen LogP contribution in [0.25, 0.3) is 0 Å². The lowest BCUT2D eigenvalue weighted by molar-refractivity contribution is -0.129. The van der Waals surface area contributed by atoms with Crippen LogP contribution in [0.5, 0.6) is 5.75 Å². The number of nitrogens with one attached hydrogen (secondary N) is 1. The van der Waals surface area contributed by atoms with Crippen molar-refractivity contribution in [1.29, 1.82) is 0 Å². The molecule has 1 saturated carbocycles. The molecule has 158 valence electrons. The molecule has 1 atom stereocenters. The lowest BCUT2D eigenvalue weighted by atomic mass is 9.77. The van der Waals surface area contributed by atoms with Crippen molar-refractivity contribution in [2.75, 3.05) is 25.1 Å². The topological polar surface area (TPSA) is 92.8 Å². The van der Waals surface area contributed by atoms with Gasteiger partial charge in [0, 0.05) is 13.0 Å². The Kier molecular flexibility index (Phi) is 4.88. The predicted molar refractivity (Wildman–Crippen MR) is 109 cm³/mol. The van der Waals surface area contributed by atoms with Gasteiger partial charge in [0.25, 0.3) is 5.91 Å². The van der Waals surface area contributed by atoms with Crippen LogP contribution in [0.3, 0.4) is 0 Å². The number of carbonyl (C=O) groups is 2. The molecule has 2 amide bonds. The summed E-state index contributed by atoms with van der Waals surface area (Å²) in [5, 5.41) is 2.99. The fourth-order valence-corrected chi connectivity index (χ4v) is 6.98. The molecule has 0 aromatic heterocycles. The van der Waals surface area contributed by atoms with Crippen LogP contribution in [-0.4, -0.2) is 61.4 Å². The number of hydrogen-bond donors (Lipinski definition) is 1. The molecule has 1 aromatic carbocycles. The van der Waals surface area contributed by atoms with Crippen molar-refractivity contribution in [3.05, 3.63) is 29.8 Å². The number of benzene rings is 1. The second kappa shape index (κ2) is 7.00. The standard InChI is InChI=1S/C21H28N2O5S/c1-20(11-12-29(26,27)14-20)22-18(24)15-7-9-21(10-8-15)13-23(2)19(25)16-5-3-4-6-17(16)28-21/h3-6,15H,7-14H2,1-2H3,(H,22,24)/t15?,20-,21?/m0/s1. The largest absolute Gasteiger partial charge is 0.485 e. The van der Waals surface area contributed by atoms with Gasteiger partial charge in [-0.3, -0.25) is 9.59 Å². The van der Waals surface area contributed by atoms with Gasteiger partial charge in [0.2, 0.25) is 5.91 Å². The van der Waals surface area contributed by atoms with Gasteiger partial charge < -0.3 is 15.0 Å². The summed E-state index contributed by atoms with van der Waals surface area (Å²) in [6, 6.07) is 7.30. The van der Waals surface area contributed by atoms with Crippen molar-refractivity contribution in [2.45, 2.75) is 50.2 Å². The average Bonchev–Trinajstić information content (AvgIpc) is 2.89. The Labute approximate surface area is 171 Å². The normalized spacial score (nSPS) is 33.7. The number of likely N-dealkylation sites (N-methyl/N-ethyl adjacent to an activating group) is 1. The van der Waals surface area contributed by atoms with E-state index in [2.05, 4.69) is 5.32 Å². The zero-order valence-corrected chi connectivity index (χ0v) is 17.8. The van der Waals surface area contributed by atoms with Gasteiger partial charge >= 0.3 is 0 Å². The SMILES string of the molecule is CN1CC2(CCC(C(=O)N[C@@]3(C)CCS(=O)(=O)C3)CC2)Oc2ccccc2C1=O. The van der Waals surface area contributed by atoms with E-state index in [1.807, 2.05) is 25.1 Å². The van der Waals surface area contributed by atoms with Crippen LogP contribution in [0.2, 0.25) is 0 Å². The first-order valence-electron chi connectivity index (χ1n) is 10.2. The van der Waals surface area contributed by atoms with Crippen LogP contribution in [0.15, 0.2) is 24.3 Å². The van der Waals surface area contributed by atoms with Gasteiger partial charge in [0.1, 0.15) is 11.4 Å². The highest BCUT2D eigenvalue weighted by atomic mass is 32.2. The van der Waals surface area contributed by atoms with E-state index in [1.165, 1.54) is 0 Å². The number of carbonyl (C=O) groups excluding carboxylic acids is 2. The number of sulfone groups is 1. The van der Waals surface area contributed by atoms with Crippen molar-refractivity contribution in [3.63, 3.8) is 0 Å². The number of para-hydroxylation sites is 1. The summed E-state index contributed by atoms with van der Waals surface area (Å²) < 4.78 is 30.0. The van der Waals surface area contributed by atoms with Gasteiger partial charge in [-0.25, -0.2) is 8.42 Å². The maximum atomic E-state index is 12.8. The van der Waals surface area contributed by atoms with E-state index < -0.39 is 21.0 Å². The van der Waals surface area contributed by atoms with Crippen LogP contribution < -0.4 is 10.1 Å². The molecule has 0 unspecified atom stereocenters. The first-order valence-corrected chi connectivity index (χ1v) is 12.0. The van der Waals surface area contributed by atoms with Crippen LogP contribution in [0, 0.1) is 5.92 Å². The minimum Gasteiger partial charge on any atom is -0.485 e. The van der Waals surface area contributed by atoms with Gasteiger partial charge in [-0.05, 0) is 51.2 Å². The van der Waals surface area contributed by atoms with E-state index in [0.29, 0.717) is 50.0 Å². The molecule has 1 spiro atoms. The molecule has 2 aliphatic heterocycles. The predicted octanol–water partition coefficient (Wildman–Crippen LogP) is 1.77. The lowest BCUT2D eigenvalue weighted by Gasteiger charge is -2.41. The van der Waals surface area contributed by atoms with Gasteiger partial charge in [0.15, 0.2) is 9.84 Å². The van der Waals surface area contributed by atoms with Gasteiger partial charge in [-0.15, -0.1) is 0 Å². The Morgan fingerprint density at radius 1 is 1.21 bits per heavy atom. The molecule has 0 bridgehead atoms. The molecule has 7 nitrogen and oxygen atoms in total. The molecule has 2 fully saturated rings. The highest BCUT2D eigenvalue weighted by Crippen LogP contribution is 2.40. The molecule has 29 heavy (non-hydrogen) atoms. The fraction of sp³-hybridized carbons (Fsp3) is 0.619. The number of hydrogen-bond acceptors (Lipinski definition) is 5. The second-order valence-corrected chi connectivity index (χ2v) is 11.3. The van der Waals surface area contributed by atoms with Crippen LogP contribution in [-0.2, 0) is 14.6 Å². The van der Waals surface area contributed by atoms with E-state index in [0.717, 1.165) is 0 Å². The Balaban J connectivity index is 1.44. The van der Waals surface area contributed by atoms with E-state index in [-0.39, 0.29) is 29.2 Å². The number of fused-ring (bicyclic) bond motifs is 1. The van der Waals surface area contributed by atoms with Crippen LogP contribution in [0.1, 0.15) is 49.4 Å². The highest BCUT2D eigenvalue weighted by Gasteiger charge is 2.45. The quantitative estimate of drug-likeness (QED) is 0.787. The lowest BCUT2D eigenvalue weighted by Crippen LogP contribution is -2.52. The molecule has 1 aliphatic carbocycles. The van der Waals surface area contributed by atoms with E-state index in [4.69, 9.17) is 4.74 Å². The molecule has 1 N–H and O–H groups in total. The molecule has 1 aromatic rings. The van der Waals surface area contributed by atoms with Crippen LogP contribution in [0.4, 0.5) is 0 Å². The summed E-state index contributed by atoms with van der Waals surface area (Å²) in [5.41, 5.74) is -0.591. The van der Waals surface area contributed by atoms with Gasteiger partial charge in [-0.2, -0.15) is 0 Å². The Morgan fingerprint density at radius 3 is 2.55 bits per heavy atom. The van der Waals surface area contributed by atoms with E-state index >= 15 is 0 Å². The Bertz CT molecular complexity index is 936. The number of ether oxygens (including phenoxy) is 1. The van der Waals surface area contributed by atoms with Crippen molar-refractivity contribution >= 4 is 21.7 Å². The summed E-state index contributed by atoms with van der Waals surface area (Å²) in [5.74, 6) is 0.461. The molecule has 3 aliphatic rings. The first-order chi connectivity index (χ1) is 13.6. The van der Waals surface area contributed by atoms with Gasteiger partial charge in [0.05, 0.1) is 29.2 Å². The Morgan fingerprint density at radius 2 is 1.90 bits per heavy atom. The maximum Gasteiger partial charge on any atom is 0.257 e. The van der Waals surface area contributed by atoms with E-state index in [1.54, 1.807) is 18.0 Å². The van der Waals surface area contributed by atoms with Crippen molar-refractivity contribution in [3.8, 4) is 5.75 Å².